The molecular weight excluding hydrogens is 166 g/mol. The Kier molecular flexibility index (Phi) is 4.61. The summed E-state index contributed by atoms with van der Waals surface area (Å²) in [4.78, 5) is 0. The van der Waals surface area contributed by atoms with E-state index in [4.69, 9.17) is 31.3 Å². The molecule has 0 fully saturated rings. The highest BCUT2D eigenvalue weighted by Gasteiger charge is 2.30. The van der Waals surface area contributed by atoms with E-state index in [1.54, 1.807) is 0 Å². The van der Waals surface area contributed by atoms with Crippen LogP contribution in [0.4, 0.5) is 0 Å². The average Bonchev–Trinajstić information content (AvgIpc) is 2.00. The summed E-state index contributed by atoms with van der Waals surface area (Å²) >= 11 is 0. The third-order valence-corrected chi connectivity index (χ3v) is 1.54. The Labute approximate surface area is 69.9 Å². The SMILES string of the molecule is CC(O)C(O)C(O)C(O)C(N)O. The van der Waals surface area contributed by atoms with Crippen LogP contribution in [0.1, 0.15) is 6.92 Å². The van der Waals surface area contributed by atoms with Gasteiger partial charge in [-0.25, -0.2) is 0 Å². The molecule has 5 unspecified atom stereocenters. The summed E-state index contributed by atoms with van der Waals surface area (Å²) in [5.41, 5.74) is 4.83. The van der Waals surface area contributed by atoms with Crippen LogP contribution in [-0.2, 0) is 0 Å². The minimum Gasteiger partial charge on any atom is -0.391 e. The molecule has 0 heterocycles. The fraction of sp³-hybridized carbons (Fsp3) is 1.00. The van der Waals surface area contributed by atoms with Gasteiger partial charge in [-0.1, -0.05) is 0 Å². The van der Waals surface area contributed by atoms with Gasteiger partial charge >= 0.3 is 0 Å². The van der Waals surface area contributed by atoms with Crippen molar-refractivity contribution < 1.29 is 25.5 Å². The van der Waals surface area contributed by atoms with Gasteiger partial charge in [0.05, 0.1) is 6.10 Å². The summed E-state index contributed by atoms with van der Waals surface area (Å²) in [6, 6.07) is 0. The standard InChI is InChI=1S/C6H15NO5/c1-2(8)3(9)4(10)5(11)6(7)12/h2-6,8-12H,7H2,1H3. The molecule has 0 spiro atoms. The van der Waals surface area contributed by atoms with Crippen molar-refractivity contribution in [2.24, 2.45) is 5.73 Å². The van der Waals surface area contributed by atoms with Crippen LogP contribution in [0.25, 0.3) is 0 Å². The molecule has 74 valence electrons. The Balaban J connectivity index is 4.08. The van der Waals surface area contributed by atoms with Gasteiger partial charge in [0, 0.05) is 0 Å². The maximum Gasteiger partial charge on any atom is 0.131 e. The van der Waals surface area contributed by atoms with E-state index in [9.17, 15) is 0 Å². The summed E-state index contributed by atoms with van der Waals surface area (Å²) in [6.45, 7) is 1.24. The molecule has 0 rings (SSSR count). The first kappa shape index (κ1) is 11.8. The van der Waals surface area contributed by atoms with Crippen LogP contribution in [0.5, 0.6) is 0 Å². The maximum atomic E-state index is 9.03. The highest BCUT2D eigenvalue weighted by Crippen LogP contribution is 2.05. The highest BCUT2D eigenvalue weighted by atomic mass is 16.4. The van der Waals surface area contributed by atoms with E-state index in [2.05, 4.69) is 0 Å². The molecule has 0 aliphatic heterocycles. The van der Waals surface area contributed by atoms with Crippen LogP contribution in [0, 0.1) is 0 Å². The first-order valence-corrected chi connectivity index (χ1v) is 3.54. The van der Waals surface area contributed by atoms with E-state index in [-0.39, 0.29) is 0 Å². The van der Waals surface area contributed by atoms with Gasteiger partial charge in [-0.3, -0.25) is 0 Å². The molecule has 0 radical (unpaired) electrons. The molecule has 7 N–H and O–H groups in total. The number of nitrogens with two attached hydrogens (primary N) is 1. The lowest BCUT2D eigenvalue weighted by Crippen LogP contribution is -2.51. The molecule has 0 aromatic heterocycles. The summed E-state index contributed by atoms with van der Waals surface area (Å²) in [6.07, 6.45) is -7.71. The zero-order valence-electron chi connectivity index (χ0n) is 6.70. The van der Waals surface area contributed by atoms with Crippen LogP contribution >= 0.6 is 0 Å². The molecule has 5 atom stereocenters. The second kappa shape index (κ2) is 4.70. The second-order valence-corrected chi connectivity index (χ2v) is 2.70. The third-order valence-electron chi connectivity index (χ3n) is 1.54. The van der Waals surface area contributed by atoms with Gasteiger partial charge in [-0.05, 0) is 6.92 Å². The van der Waals surface area contributed by atoms with Crippen molar-refractivity contribution in [1.82, 2.24) is 0 Å². The van der Waals surface area contributed by atoms with Crippen molar-refractivity contribution in [2.45, 2.75) is 37.6 Å². The highest BCUT2D eigenvalue weighted by molar-refractivity contribution is 4.80. The number of hydrogen-bond donors (Lipinski definition) is 6. The van der Waals surface area contributed by atoms with Crippen LogP contribution < -0.4 is 5.73 Å². The van der Waals surface area contributed by atoms with E-state index in [1.165, 1.54) is 6.92 Å². The number of aliphatic hydroxyl groups excluding tert-OH is 5. The number of rotatable bonds is 4. The summed E-state index contributed by atoms with van der Waals surface area (Å²) < 4.78 is 0. The van der Waals surface area contributed by atoms with Crippen LogP contribution in [-0.4, -0.2) is 56.2 Å². The lowest BCUT2D eigenvalue weighted by molar-refractivity contribution is -0.129. The van der Waals surface area contributed by atoms with Crippen molar-refractivity contribution in [3.05, 3.63) is 0 Å². The van der Waals surface area contributed by atoms with Gasteiger partial charge in [0.2, 0.25) is 0 Å². The fourth-order valence-electron chi connectivity index (χ4n) is 0.689. The second-order valence-electron chi connectivity index (χ2n) is 2.70. The molecule has 12 heavy (non-hydrogen) atoms. The summed E-state index contributed by atoms with van der Waals surface area (Å²) in [5, 5.41) is 44.3. The summed E-state index contributed by atoms with van der Waals surface area (Å²) in [7, 11) is 0. The molecule has 6 nitrogen and oxygen atoms in total. The fourth-order valence-corrected chi connectivity index (χ4v) is 0.689. The molecule has 6 heteroatoms. The van der Waals surface area contributed by atoms with Crippen LogP contribution in [0.3, 0.4) is 0 Å². The normalized spacial score (nSPS) is 24.2. The predicted octanol–water partition coefficient (Wildman–Crippen LogP) is -3.27. The van der Waals surface area contributed by atoms with E-state index < -0.39 is 30.6 Å². The van der Waals surface area contributed by atoms with Crippen molar-refractivity contribution in [2.75, 3.05) is 0 Å². The van der Waals surface area contributed by atoms with Gasteiger partial charge in [0.15, 0.2) is 0 Å². The maximum absolute atomic E-state index is 9.03. The molecular formula is C6H15NO5. The minimum absolute atomic E-state index is 1.20. The average molecular weight is 181 g/mol. The van der Waals surface area contributed by atoms with E-state index in [0.717, 1.165) is 0 Å². The molecule has 0 aliphatic rings. The van der Waals surface area contributed by atoms with Crippen molar-refractivity contribution in [1.29, 1.82) is 0 Å². The van der Waals surface area contributed by atoms with Crippen molar-refractivity contribution in [3.8, 4) is 0 Å². The van der Waals surface area contributed by atoms with E-state index in [1.807, 2.05) is 0 Å². The predicted molar refractivity (Wildman–Crippen MR) is 39.9 cm³/mol. The zero-order valence-corrected chi connectivity index (χ0v) is 6.70. The lowest BCUT2D eigenvalue weighted by atomic mass is 10.0. The minimum atomic E-state index is -1.67. The number of hydrogen-bond acceptors (Lipinski definition) is 6. The van der Waals surface area contributed by atoms with Crippen LogP contribution in [0.2, 0.25) is 0 Å². The summed E-state index contributed by atoms with van der Waals surface area (Å²) in [5.74, 6) is 0. The van der Waals surface area contributed by atoms with Gasteiger partial charge in [0.25, 0.3) is 0 Å². The van der Waals surface area contributed by atoms with Crippen molar-refractivity contribution in [3.63, 3.8) is 0 Å². The molecule has 0 aliphatic carbocycles. The van der Waals surface area contributed by atoms with Gasteiger partial charge in [-0.15, -0.1) is 0 Å². The molecule has 0 aromatic carbocycles. The van der Waals surface area contributed by atoms with Crippen LogP contribution in [0.15, 0.2) is 0 Å². The first-order chi connectivity index (χ1) is 5.37. The quantitative estimate of drug-likeness (QED) is 0.252. The van der Waals surface area contributed by atoms with E-state index in [0.29, 0.717) is 0 Å². The topological polar surface area (TPSA) is 127 Å². The largest absolute Gasteiger partial charge is 0.391 e. The molecule has 0 aromatic rings. The van der Waals surface area contributed by atoms with Gasteiger partial charge in [-0.2, -0.15) is 0 Å². The Bertz CT molecular complexity index is 115. The Morgan fingerprint density at radius 2 is 1.25 bits per heavy atom. The van der Waals surface area contributed by atoms with Gasteiger partial charge in [0.1, 0.15) is 24.5 Å². The zero-order chi connectivity index (χ0) is 9.89. The molecule has 0 bridgehead atoms. The Morgan fingerprint density at radius 3 is 1.50 bits per heavy atom. The number of aliphatic hydroxyl groups is 5. The molecule has 0 saturated heterocycles. The lowest BCUT2D eigenvalue weighted by Gasteiger charge is -2.25. The monoisotopic (exact) mass is 181 g/mol. The third kappa shape index (κ3) is 3.02. The van der Waals surface area contributed by atoms with Crippen molar-refractivity contribution >= 4 is 0 Å². The van der Waals surface area contributed by atoms with Gasteiger partial charge < -0.3 is 31.3 Å². The molecule has 0 amide bonds. The Hall–Kier alpha value is -0.240. The smallest absolute Gasteiger partial charge is 0.131 e. The first-order valence-electron chi connectivity index (χ1n) is 3.54. The molecule has 0 saturated carbocycles. The van der Waals surface area contributed by atoms with E-state index >= 15 is 0 Å². The Morgan fingerprint density at radius 1 is 0.833 bits per heavy atom.